The molecule has 0 saturated carbocycles. The predicted octanol–water partition coefficient (Wildman–Crippen LogP) is 5.61. The number of nitrogens with one attached hydrogen (secondary N) is 1. The van der Waals surface area contributed by atoms with E-state index in [4.69, 9.17) is 9.84 Å². The van der Waals surface area contributed by atoms with E-state index in [0.29, 0.717) is 19.5 Å². The fourth-order valence-corrected chi connectivity index (χ4v) is 4.01. The standard InChI is InChI=1S/C29H58N2O4/c1-3-5-7-8-9-10-11-12-13-14-15-16-17-20-29(34)30-21-18-22-31(26-28(33)27-32)23-19-25-35-24-6-4-2/h10-11,28,32-33H,3-9,12-27H2,1-2H3,(H,30,34)/b11-10-. The summed E-state index contributed by atoms with van der Waals surface area (Å²) in [6, 6.07) is 0. The quantitative estimate of drug-likeness (QED) is 0.101. The van der Waals surface area contributed by atoms with Gasteiger partial charge in [-0.05, 0) is 57.9 Å². The Balaban J connectivity index is 3.69. The van der Waals surface area contributed by atoms with E-state index in [-0.39, 0.29) is 12.5 Å². The molecule has 0 aromatic heterocycles. The van der Waals surface area contributed by atoms with Crippen LogP contribution < -0.4 is 5.32 Å². The van der Waals surface area contributed by atoms with Crippen molar-refractivity contribution in [1.82, 2.24) is 10.2 Å². The molecule has 0 aliphatic rings. The molecular formula is C29H58N2O4. The van der Waals surface area contributed by atoms with Gasteiger partial charge in [-0.15, -0.1) is 0 Å². The van der Waals surface area contributed by atoms with Crippen LogP contribution in [0.15, 0.2) is 12.2 Å². The van der Waals surface area contributed by atoms with Crippen LogP contribution in [0.5, 0.6) is 0 Å². The molecule has 0 aromatic rings. The molecule has 3 N–H and O–H groups in total. The molecule has 0 aliphatic heterocycles. The van der Waals surface area contributed by atoms with Gasteiger partial charge in [-0.2, -0.15) is 0 Å². The molecule has 1 amide bonds. The third-order valence-corrected chi connectivity index (χ3v) is 6.22. The van der Waals surface area contributed by atoms with E-state index in [2.05, 4.69) is 36.2 Å². The number of hydrogen-bond acceptors (Lipinski definition) is 5. The highest BCUT2D eigenvalue weighted by Gasteiger charge is 2.11. The number of carbonyl (C=O) groups is 1. The monoisotopic (exact) mass is 498 g/mol. The molecule has 1 atom stereocenters. The van der Waals surface area contributed by atoms with Crippen LogP contribution in [-0.2, 0) is 9.53 Å². The van der Waals surface area contributed by atoms with Crippen molar-refractivity contribution >= 4 is 5.91 Å². The largest absolute Gasteiger partial charge is 0.394 e. The van der Waals surface area contributed by atoms with E-state index in [1.165, 1.54) is 57.8 Å². The Morgan fingerprint density at radius 2 is 1.43 bits per heavy atom. The van der Waals surface area contributed by atoms with Crippen LogP contribution in [0.4, 0.5) is 0 Å². The molecule has 6 heteroatoms. The summed E-state index contributed by atoms with van der Waals surface area (Å²) >= 11 is 0. The first-order valence-electron chi connectivity index (χ1n) is 14.6. The fraction of sp³-hybridized carbons (Fsp3) is 0.897. The van der Waals surface area contributed by atoms with Gasteiger partial charge in [-0.1, -0.05) is 70.9 Å². The zero-order valence-corrected chi connectivity index (χ0v) is 23.2. The first kappa shape index (κ1) is 34.0. The molecule has 0 heterocycles. The second-order valence-electron chi connectivity index (χ2n) is 9.79. The summed E-state index contributed by atoms with van der Waals surface area (Å²) in [4.78, 5) is 14.2. The van der Waals surface area contributed by atoms with Gasteiger partial charge in [0, 0.05) is 39.3 Å². The number of unbranched alkanes of at least 4 members (excludes halogenated alkanes) is 10. The number of amides is 1. The van der Waals surface area contributed by atoms with Crippen molar-refractivity contribution in [1.29, 1.82) is 0 Å². The van der Waals surface area contributed by atoms with Crippen LogP contribution in [-0.4, -0.2) is 73.1 Å². The number of aliphatic hydroxyl groups is 2. The van der Waals surface area contributed by atoms with Gasteiger partial charge in [0.1, 0.15) is 0 Å². The first-order valence-corrected chi connectivity index (χ1v) is 14.6. The SMILES string of the molecule is CCCCCC/C=C\CCCCCCCC(=O)NCCCN(CCCOCCCC)CC(O)CO. The number of nitrogens with zero attached hydrogens (tertiary/aromatic N) is 1. The molecule has 208 valence electrons. The third-order valence-electron chi connectivity index (χ3n) is 6.22. The van der Waals surface area contributed by atoms with Crippen LogP contribution >= 0.6 is 0 Å². The Kier molecular flexibility index (Phi) is 26.9. The first-order chi connectivity index (χ1) is 17.1. The summed E-state index contributed by atoms with van der Waals surface area (Å²) in [5.74, 6) is 0.141. The summed E-state index contributed by atoms with van der Waals surface area (Å²) in [6.45, 7) is 8.42. The van der Waals surface area contributed by atoms with Crippen molar-refractivity contribution in [2.45, 2.75) is 123 Å². The van der Waals surface area contributed by atoms with Gasteiger partial charge in [-0.3, -0.25) is 4.79 Å². The summed E-state index contributed by atoms with van der Waals surface area (Å²) in [7, 11) is 0. The second-order valence-corrected chi connectivity index (χ2v) is 9.79. The highest BCUT2D eigenvalue weighted by molar-refractivity contribution is 5.75. The Bertz CT molecular complexity index is 474. The van der Waals surface area contributed by atoms with E-state index >= 15 is 0 Å². The van der Waals surface area contributed by atoms with Gasteiger partial charge in [-0.25, -0.2) is 0 Å². The van der Waals surface area contributed by atoms with Gasteiger partial charge in [0.15, 0.2) is 0 Å². The lowest BCUT2D eigenvalue weighted by molar-refractivity contribution is -0.121. The van der Waals surface area contributed by atoms with Gasteiger partial charge >= 0.3 is 0 Å². The average molecular weight is 499 g/mol. The third kappa shape index (κ3) is 25.9. The van der Waals surface area contributed by atoms with Gasteiger partial charge in [0.05, 0.1) is 12.7 Å². The predicted molar refractivity (Wildman–Crippen MR) is 148 cm³/mol. The number of allylic oxidation sites excluding steroid dienone is 2. The molecular weight excluding hydrogens is 440 g/mol. The van der Waals surface area contributed by atoms with Crippen molar-refractivity contribution in [3.63, 3.8) is 0 Å². The van der Waals surface area contributed by atoms with Crippen LogP contribution in [0, 0.1) is 0 Å². The normalized spacial score (nSPS) is 12.6. The van der Waals surface area contributed by atoms with Crippen LogP contribution in [0.2, 0.25) is 0 Å². The summed E-state index contributed by atoms with van der Waals surface area (Å²) in [5.41, 5.74) is 0. The second kappa shape index (κ2) is 27.6. The average Bonchev–Trinajstić information content (AvgIpc) is 2.86. The zero-order chi connectivity index (χ0) is 25.8. The fourth-order valence-electron chi connectivity index (χ4n) is 4.01. The Morgan fingerprint density at radius 1 is 0.829 bits per heavy atom. The minimum atomic E-state index is -0.725. The maximum atomic E-state index is 12.1. The van der Waals surface area contributed by atoms with Gasteiger partial charge < -0.3 is 25.2 Å². The Labute approximate surface area is 216 Å². The zero-order valence-electron chi connectivity index (χ0n) is 23.2. The molecule has 0 saturated heterocycles. The lowest BCUT2D eigenvalue weighted by atomic mass is 10.1. The van der Waals surface area contributed by atoms with E-state index in [9.17, 15) is 9.90 Å². The number of hydrogen-bond donors (Lipinski definition) is 3. The number of carbonyl (C=O) groups excluding carboxylic acids is 1. The van der Waals surface area contributed by atoms with E-state index in [1.807, 2.05) is 0 Å². The number of ether oxygens (including phenoxy) is 1. The van der Waals surface area contributed by atoms with Gasteiger partial charge in [0.2, 0.25) is 5.91 Å². The lowest BCUT2D eigenvalue weighted by Gasteiger charge is -2.24. The van der Waals surface area contributed by atoms with Crippen molar-refractivity contribution in [2.24, 2.45) is 0 Å². The molecule has 0 fully saturated rings. The molecule has 0 rings (SSSR count). The van der Waals surface area contributed by atoms with Gasteiger partial charge in [0.25, 0.3) is 0 Å². The summed E-state index contributed by atoms with van der Waals surface area (Å²) < 4.78 is 5.61. The highest BCUT2D eigenvalue weighted by Crippen LogP contribution is 2.09. The number of rotatable bonds is 27. The molecule has 1 unspecified atom stereocenters. The molecule has 35 heavy (non-hydrogen) atoms. The topological polar surface area (TPSA) is 82.0 Å². The molecule has 6 nitrogen and oxygen atoms in total. The molecule has 0 bridgehead atoms. The van der Waals surface area contributed by atoms with Crippen LogP contribution in [0.3, 0.4) is 0 Å². The lowest BCUT2D eigenvalue weighted by Crippen LogP contribution is -2.37. The molecule has 0 radical (unpaired) electrons. The van der Waals surface area contributed by atoms with Crippen molar-refractivity contribution in [2.75, 3.05) is 46.0 Å². The van der Waals surface area contributed by atoms with Crippen LogP contribution in [0.1, 0.15) is 117 Å². The highest BCUT2D eigenvalue weighted by atomic mass is 16.5. The van der Waals surface area contributed by atoms with E-state index in [0.717, 1.165) is 64.8 Å². The van der Waals surface area contributed by atoms with E-state index in [1.54, 1.807) is 0 Å². The van der Waals surface area contributed by atoms with E-state index < -0.39 is 6.10 Å². The van der Waals surface area contributed by atoms with Crippen molar-refractivity contribution in [3.8, 4) is 0 Å². The smallest absolute Gasteiger partial charge is 0.219 e. The Hall–Kier alpha value is -0.950. The number of aliphatic hydroxyl groups excluding tert-OH is 2. The van der Waals surface area contributed by atoms with Crippen molar-refractivity contribution in [3.05, 3.63) is 12.2 Å². The Morgan fingerprint density at radius 3 is 2.11 bits per heavy atom. The molecule has 0 spiro atoms. The summed E-state index contributed by atoms with van der Waals surface area (Å²) in [5, 5.41) is 22.0. The minimum absolute atomic E-state index is 0.141. The molecule has 0 aliphatic carbocycles. The van der Waals surface area contributed by atoms with Crippen molar-refractivity contribution < 1.29 is 19.7 Å². The molecule has 0 aromatic carbocycles. The maximum Gasteiger partial charge on any atom is 0.219 e. The minimum Gasteiger partial charge on any atom is -0.394 e. The van der Waals surface area contributed by atoms with Crippen LogP contribution in [0.25, 0.3) is 0 Å². The summed E-state index contributed by atoms with van der Waals surface area (Å²) in [6.07, 6.45) is 22.1. The maximum absolute atomic E-state index is 12.1.